The first kappa shape index (κ1) is 9.78. The molecule has 0 aliphatic carbocycles. The summed E-state index contributed by atoms with van der Waals surface area (Å²) in [5.41, 5.74) is 7.21. The Morgan fingerprint density at radius 2 is 2.20 bits per heavy atom. The number of aryl methyl sites for hydroxylation is 1. The molecule has 2 aromatic rings. The molecule has 0 saturated carbocycles. The summed E-state index contributed by atoms with van der Waals surface area (Å²) in [5.74, 6) is 1.13. The fraction of sp³-hybridized carbons (Fsp3) is 0.500. The van der Waals surface area contributed by atoms with Crippen LogP contribution in [0.15, 0.2) is 4.52 Å². The molecule has 80 valence electrons. The van der Waals surface area contributed by atoms with E-state index in [2.05, 4.69) is 20.5 Å². The molecule has 7 heteroatoms. The highest BCUT2D eigenvalue weighted by atomic mass is 16.5. The third-order valence-corrected chi connectivity index (χ3v) is 2.13. The summed E-state index contributed by atoms with van der Waals surface area (Å²) in [6, 6.07) is 0. The van der Waals surface area contributed by atoms with E-state index in [1.54, 1.807) is 11.6 Å². The summed E-state index contributed by atoms with van der Waals surface area (Å²) in [7, 11) is 0. The zero-order valence-corrected chi connectivity index (χ0v) is 8.64. The predicted molar refractivity (Wildman–Crippen MR) is 50.8 cm³/mol. The van der Waals surface area contributed by atoms with Crippen LogP contribution in [0.25, 0.3) is 0 Å². The summed E-state index contributed by atoms with van der Waals surface area (Å²) in [6.07, 6.45) is 0. The van der Waals surface area contributed by atoms with Gasteiger partial charge in [-0.3, -0.25) is 0 Å². The third kappa shape index (κ3) is 1.86. The monoisotopic (exact) mass is 208 g/mol. The molecule has 0 amide bonds. The summed E-state index contributed by atoms with van der Waals surface area (Å²) < 4.78 is 6.56. The lowest BCUT2D eigenvalue weighted by Crippen LogP contribution is -2.06. The van der Waals surface area contributed by atoms with Crippen molar-refractivity contribution in [3.63, 3.8) is 0 Å². The minimum absolute atomic E-state index is 0.386. The van der Waals surface area contributed by atoms with Gasteiger partial charge in [0.25, 0.3) is 0 Å². The van der Waals surface area contributed by atoms with E-state index in [-0.39, 0.29) is 0 Å². The lowest BCUT2D eigenvalue weighted by molar-refractivity contribution is 0.384. The van der Waals surface area contributed by atoms with E-state index in [1.807, 2.05) is 6.92 Å². The highest BCUT2D eigenvalue weighted by Gasteiger charge is 2.09. The van der Waals surface area contributed by atoms with Gasteiger partial charge in [0.2, 0.25) is 5.89 Å². The van der Waals surface area contributed by atoms with Crippen LogP contribution in [0.1, 0.15) is 23.1 Å². The molecular weight excluding hydrogens is 196 g/mol. The molecule has 2 N–H and O–H groups in total. The van der Waals surface area contributed by atoms with Crippen molar-refractivity contribution in [1.82, 2.24) is 25.1 Å². The van der Waals surface area contributed by atoms with Crippen LogP contribution in [0.2, 0.25) is 0 Å². The molecule has 0 aliphatic heterocycles. The molecule has 0 unspecified atom stereocenters. The second-order valence-electron chi connectivity index (χ2n) is 3.21. The molecule has 0 aromatic carbocycles. The number of rotatable bonds is 3. The van der Waals surface area contributed by atoms with Gasteiger partial charge in [-0.2, -0.15) is 4.98 Å². The van der Waals surface area contributed by atoms with Crippen molar-refractivity contribution in [2.45, 2.75) is 26.9 Å². The van der Waals surface area contributed by atoms with Crippen LogP contribution < -0.4 is 5.73 Å². The molecule has 0 atom stereocenters. The fourth-order valence-corrected chi connectivity index (χ4v) is 1.27. The Labute approximate surface area is 86.3 Å². The number of hydrogen-bond acceptors (Lipinski definition) is 6. The SMILES string of the molecule is Cc1nc(Cn2nnc(CN)c2C)no1. The molecule has 0 radical (unpaired) electrons. The summed E-state index contributed by atoms with van der Waals surface area (Å²) in [5, 5.41) is 11.7. The molecule has 0 aliphatic rings. The summed E-state index contributed by atoms with van der Waals surface area (Å²) >= 11 is 0. The van der Waals surface area contributed by atoms with E-state index in [0.29, 0.717) is 24.8 Å². The topological polar surface area (TPSA) is 95.7 Å². The van der Waals surface area contributed by atoms with Crippen LogP contribution in [0.4, 0.5) is 0 Å². The summed E-state index contributed by atoms with van der Waals surface area (Å²) in [4.78, 5) is 4.08. The molecule has 0 spiro atoms. The highest BCUT2D eigenvalue weighted by molar-refractivity contribution is 5.07. The van der Waals surface area contributed by atoms with Crippen LogP contribution in [0.5, 0.6) is 0 Å². The minimum atomic E-state index is 0.386. The molecule has 2 rings (SSSR count). The Balaban J connectivity index is 2.21. The van der Waals surface area contributed by atoms with E-state index in [0.717, 1.165) is 11.4 Å². The first-order chi connectivity index (χ1) is 7.20. The molecule has 2 heterocycles. The predicted octanol–water partition coefficient (Wildman–Crippen LogP) is -0.215. The van der Waals surface area contributed by atoms with E-state index < -0.39 is 0 Å². The minimum Gasteiger partial charge on any atom is -0.340 e. The Morgan fingerprint density at radius 3 is 2.73 bits per heavy atom. The Bertz CT molecular complexity index is 459. The van der Waals surface area contributed by atoms with Gasteiger partial charge < -0.3 is 10.3 Å². The number of nitrogens with zero attached hydrogens (tertiary/aromatic N) is 5. The van der Waals surface area contributed by atoms with Gasteiger partial charge >= 0.3 is 0 Å². The van der Waals surface area contributed by atoms with Gasteiger partial charge in [-0.25, -0.2) is 4.68 Å². The highest BCUT2D eigenvalue weighted by Crippen LogP contribution is 2.05. The maximum atomic E-state index is 5.50. The Kier molecular flexibility index (Phi) is 2.46. The van der Waals surface area contributed by atoms with Gasteiger partial charge in [-0.15, -0.1) is 5.10 Å². The van der Waals surface area contributed by atoms with Gasteiger partial charge in [0, 0.05) is 13.5 Å². The molecule has 7 nitrogen and oxygen atoms in total. The smallest absolute Gasteiger partial charge is 0.223 e. The number of hydrogen-bond donors (Lipinski definition) is 1. The van der Waals surface area contributed by atoms with Crippen LogP contribution in [0.3, 0.4) is 0 Å². The van der Waals surface area contributed by atoms with Crippen LogP contribution in [0, 0.1) is 13.8 Å². The first-order valence-electron chi connectivity index (χ1n) is 4.59. The molecule has 0 fully saturated rings. The second kappa shape index (κ2) is 3.77. The zero-order chi connectivity index (χ0) is 10.8. The molecule has 15 heavy (non-hydrogen) atoms. The lowest BCUT2D eigenvalue weighted by Gasteiger charge is -1.98. The van der Waals surface area contributed by atoms with Crippen LogP contribution >= 0.6 is 0 Å². The van der Waals surface area contributed by atoms with Crippen LogP contribution in [-0.2, 0) is 13.1 Å². The van der Waals surface area contributed by atoms with Crippen molar-refractivity contribution in [2.24, 2.45) is 5.73 Å². The normalized spacial score (nSPS) is 10.9. The second-order valence-corrected chi connectivity index (χ2v) is 3.21. The van der Waals surface area contributed by atoms with Crippen molar-refractivity contribution < 1.29 is 4.52 Å². The van der Waals surface area contributed by atoms with E-state index in [9.17, 15) is 0 Å². The van der Waals surface area contributed by atoms with Gasteiger partial charge in [0.15, 0.2) is 5.82 Å². The van der Waals surface area contributed by atoms with Gasteiger partial charge in [0.1, 0.15) is 6.54 Å². The van der Waals surface area contributed by atoms with E-state index in [1.165, 1.54) is 0 Å². The lowest BCUT2D eigenvalue weighted by atomic mass is 10.3. The van der Waals surface area contributed by atoms with Crippen molar-refractivity contribution in [1.29, 1.82) is 0 Å². The average Bonchev–Trinajstić information content (AvgIpc) is 2.76. The van der Waals surface area contributed by atoms with Crippen molar-refractivity contribution in [3.05, 3.63) is 23.1 Å². The average molecular weight is 208 g/mol. The van der Waals surface area contributed by atoms with Crippen molar-refractivity contribution in [2.75, 3.05) is 0 Å². The number of aromatic nitrogens is 5. The summed E-state index contributed by atoms with van der Waals surface area (Å²) in [6.45, 7) is 4.50. The Morgan fingerprint density at radius 1 is 1.40 bits per heavy atom. The molecule has 2 aromatic heterocycles. The third-order valence-electron chi connectivity index (χ3n) is 2.13. The van der Waals surface area contributed by atoms with Gasteiger partial charge in [-0.05, 0) is 6.92 Å². The number of nitrogens with two attached hydrogens (primary N) is 1. The maximum Gasteiger partial charge on any atom is 0.223 e. The van der Waals surface area contributed by atoms with Crippen molar-refractivity contribution >= 4 is 0 Å². The largest absolute Gasteiger partial charge is 0.340 e. The Hall–Kier alpha value is -1.76. The van der Waals surface area contributed by atoms with E-state index >= 15 is 0 Å². The first-order valence-corrected chi connectivity index (χ1v) is 4.59. The van der Waals surface area contributed by atoms with Crippen LogP contribution in [-0.4, -0.2) is 25.1 Å². The van der Waals surface area contributed by atoms with E-state index in [4.69, 9.17) is 10.3 Å². The molecule has 0 bridgehead atoms. The van der Waals surface area contributed by atoms with Gasteiger partial charge in [-0.1, -0.05) is 10.4 Å². The fourth-order valence-electron chi connectivity index (χ4n) is 1.27. The standard InChI is InChI=1S/C8H12N6O/c1-5-7(3-9)11-13-14(5)4-8-10-6(2)15-12-8/h3-4,9H2,1-2H3. The van der Waals surface area contributed by atoms with Crippen molar-refractivity contribution in [3.8, 4) is 0 Å². The molecule has 0 saturated heterocycles. The van der Waals surface area contributed by atoms with Gasteiger partial charge in [0.05, 0.1) is 11.4 Å². The zero-order valence-electron chi connectivity index (χ0n) is 8.64. The maximum absolute atomic E-state index is 5.50. The molecular formula is C8H12N6O. The quantitative estimate of drug-likeness (QED) is 0.749.